The fourth-order valence-corrected chi connectivity index (χ4v) is 1.64. The Labute approximate surface area is 102 Å². The zero-order valence-corrected chi connectivity index (χ0v) is 10.6. The van der Waals surface area contributed by atoms with E-state index in [2.05, 4.69) is 15.5 Å². The summed E-state index contributed by atoms with van der Waals surface area (Å²) in [6.07, 6.45) is 2.79. The predicted octanol–water partition coefficient (Wildman–Crippen LogP) is 0.264. The molecular formula is C11H22N4O2. The molecule has 98 valence electrons. The first kappa shape index (κ1) is 14.1. The highest BCUT2D eigenvalue weighted by atomic mass is 16.5. The van der Waals surface area contributed by atoms with E-state index in [1.807, 2.05) is 0 Å². The normalized spacial score (nSPS) is 12.9. The molecule has 0 aliphatic carbocycles. The molecule has 0 radical (unpaired) electrons. The number of hydrogen-bond donors (Lipinski definition) is 2. The van der Waals surface area contributed by atoms with E-state index >= 15 is 0 Å². The van der Waals surface area contributed by atoms with Gasteiger partial charge in [-0.25, -0.2) is 0 Å². The first-order valence-corrected chi connectivity index (χ1v) is 5.97. The maximum atomic E-state index is 5.49. The van der Waals surface area contributed by atoms with Crippen molar-refractivity contribution in [1.29, 1.82) is 0 Å². The first-order chi connectivity index (χ1) is 8.26. The molecule has 0 spiro atoms. The van der Waals surface area contributed by atoms with Gasteiger partial charge in [-0.2, -0.15) is 4.98 Å². The van der Waals surface area contributed by atoms with Crippen LogP contribution in [0.1, 0.15) is 24.6 Å². The number of aromatic nitrogens is 2. The molecule has 1 atom stereocenters. The van der Waals surface area contributed by atoms with Gasteiger partial charge in [0.1, 0.15) is 0 Å². The number of ether oxygens (including phenoxy) is 1. The van der Waals surface area contributed by atoms with Crippen LogP contribution >= 0.6 is 0 Å². The molecule has 3 N–H and O–H groups in total. The third kappa shape index (κ3) is 5.76. The number of nitrogens with one attached hydrogen (secondary N) is 1. The highest BCUT2D eigenvalue weighted by Crippen LogP contribution is 1.99. The number of nitrogens with zero attached hydrogens (tertiary/aromatic N) is 2. The van der Waals surface area contributed by atoms with Crippen LogP contribution in [0.25, 0.3) is 0 Å². The monoisotopic (exact) mass is 242 g/mol. The smallest absolute Gasteiger partial charge is 0.223 e. The van der Waals surface area contributed by atoms with Gasteiger partial charge in [-0.05, 0) is 19.4 Å². The van der Waals surface area contributed by atoms with Gasteiger partial charge < -0.3 is 20.3 Å². The summed E-state index contributed by atoms with van der Waals surface area (Å²) >= 11 is 0. The lowest BCUT2D eigenvalue weighted by Crippen LogP contribution is -2.35. The number of rotatable bonds is 9. The Morgan fingerprint density at radius 1 is 1.53 bits per heavy atom. The summed E-state index contributed by atoms with van der Waals surface area (Å²) in [5, 5.41) is 7.25. The van der Waals surface area contributed by atoms with Crippen molar-refractivity contribution in [3.8, 4) is 0 Å². The molecule has 1 aromatic heterocycles. The average Bonchev–Trinajstić information content (AvgIpc) is 2.72. The van der Waals surface area contributed by atoms with Crippen molar-refractivity contribution < 1.29 is 9.26 Å². The second-order valence-electron chi connectivity index (χ2n) is 4.02. The lowest BCUT2D eigenvalue weighted by Gasteiger charge is -2.16. The molecule has 0 saturated carbocycles. The van der Waals surface area contributed by atoms with Crippen molar-refractivity contribution in [2.24, 2.45) is 5.73 Å². The number of hydrogen-bond acceptors (Lipinski definition) is 6. The Balaban J connectivity index is 2.21. The molecule has 0 saturated heterocycles. The molecule has 0 fully saturated rings. The van der Waals surface area contributed by atoms with Crippen molar-refractivity contribution in [3.05, 3.63) is 11.7 Å². The van der Waals surface area contributed by atoms with Crippen LogP contribution in [-0.4, -0.2) is 43.0 Å². The van der Waals surface area contributed by atoms with E-state index in [0.29, 0.717) is 25.1 Å². The maximum absolute atomic E-state index is 5.49. The van der Waals surface area contributed by atoms with E-state index < -0.39 is 0 Å². The van der Waals surface area contributed by atoms with E-state index in [1.54, 1.807) is 14.0 Å². The van der Waals surface area contributed by atoms with Gasteiger partial charge in [0.15, 0.2) is 5.82 Å². The fraction of sp³-hybridized carbons (Fsp3) is 0.818. The summed E-state index contributed by atoms with van der Waals surface area (Å²) in [4.78, 5) is 4.15. The third-order valence-electron chi connectivity index (χ3n) is 2.48. The van der Waals surface area contributed by atoms with Gasteiger partial charge in [-0.15, -0.1) is 0 Å². The van der Waals surface area contributed by atoms with Crippen LogP contribution < -0.4 is 11.1 Å². The largest absolute Gasteiger partial charge is 0.383 e. The van der Waals surface area contributed by atoms with E-state index in [1.165, 1.54) is 0 Å². The Hall–Kier alpha value is -0.980. The van der Waals surface area contributed by atoms with Crippen LogP contribution in [-0.2, 0) is 11.2 Å². The van der Waals surface area contributed by atoms with Crippen molar-refractivity contribution in [3.63, 3.8) is 0 Å². The van der Waals surface area contributed by atoms with Crippen LogP contribution in [0.5, 0.6) is 0 Å². The molecule has 1 unspecified atom stereocenters. The standard InChI is InChI=1S/C11H22N4O2/c1-9-14-11(15-17-9)5-7-13-10(8-16-2)4-3-6-12/h10,13H,3-8,12H2,1-2H3. The summed E-state index contributed by atoms with van der Waals surface area (Å²) in [5.41, 5.74) is 5.49. The second-order valence-corrected chi connectivity index (χ2v) is 4.02. The third-order valence-corrected chi connectivity index (χ3v) is 2.48. The first-order valence-electron chi connectivity index (χ1n) is 5.97. The van der Waals surface area contributed by atoms with Gasteiger partial charge in [-0.3, -0.25) is 0 Å². The molecule has 1 rings (SSSR count). The molecule has 6 nitrogen and oxygen atoms in total. The van der Waals surface area contributed by atoms with Gasteiger partial charge >= 0.3 is 0 Å². The van der Waals surface area contributed by atoms with Crippen molar-refractivity contribution in [2.75, 3.05) is 26.8 Å². The van der Waals surface area contributed by atoms with E-state index in [4.69, 9.17) is 15.0 Å². The Bertz CT molecular complexity index is 303. The quantitative estimate of drug-likeness (QED) is 0.646. The lowest BCUT2D eigenvalue weighted by molar-refractivity contribution is 0.162. The minimum atomic E-state index is 0.344. The van der Waals surface area contributed by atoms with Crippen LogP contribution in [0.4, 0.5) is 0 Å². The topological polar surface area (TPSA) is 86.2 Å². The van der Waals surface area contributed by atoms with Gasteiger partial charge in [0.2, 0.25) is 5.89 Å². The lowest BCUT2D eigenvalue weighted by atomic mass is 10.1. The zero-order valence-electron chi connectivity index (χ0n) is 10.6. The van der Waals surface area contributed by atoms with Crippen LogP contribution in [0, 0.1) is 6.92 Å². The zero-order chi connectivity index (χ0) is 12.5. The van der Waals surface area contributed by atoms with E-state index in [-0.39, 0.29) is 0 Å². The molecule has 0 aromatic carbocycles. The molecule has 6 heteroatoms. The van der Waals surface area contributed by atoms with Crippen LogP contribution in [0.2, 0.25) is 0 Å². The fourth-order valence-electron chi connectivity index (χ4n) is 1.64. The van der Waals surface area contributed by atoms with Gasteiger partial charge in [0, 0.05) is 33.0 Å². The Morgan fingerprint density at radius 2 is 2.35 bits per heavy atom. The van der Waals surface area contributed by atoms with Crippen molar-refractivity contribution >= 4 is 0 Å². The highest BCUT2D eigenvalue weighted by Gasteiger charge is 2.08. The van der Waals surface area contributed by atoms with Crippen LogP contribution in [0.3, 0.4) is 0 Å². The van der Waals surface area contributed by atoms with Crippen molar-refractivity contribution in [1.82, 2.24) is 15.5 Å². The minimum Gasteiger partial charge on any atom is -0.383 e. The minimum absolute atomic E-state index is 0.344. The van der Waals surface area contributed by atoms with Crippen molar-refractivity contribution in [2.45, 2.75) is 32.2 Å². The van der Waals surface area contributed by atoms with Crippen LogP contribution in [0.15, 0.2) is 4.52 Å². The molecule has 0 aliphatic rings. The molecule has 0 bridgehead atoms. The Kier molecular flexibility index (Phi) is 6.76. The number of nitrogens with two attached hydrogens (primary N) is 1. The number of aryl methyl sites for hydroxylation is 1. The molecule has 17 heavy (non-hydrogen) atoms. The van der Waals surface area contributed by atoms with E-state index in [0.717, 1.165) is 31.6 Å². The summed E-state index contributed by atoms with van der Waals surface area (Å²) in [6.45, 7) is 4.02. The molecular weight excluding hydrogens is 220 g/mol. The highest BCUT2D eigenvalue weighted by molar-refractivity contribution is 4.85. The second kappa shape index (κ2) is 8.16. The number of methoxy groups -OCH3 is 1. The van der Waals surface area contributed by atoms with E-state index in [9.17, 15) is 0 Å². The van der Waals surface area contributed by atoms with Gasteiger partial charge in [0.05, 0.1) is 6.61 Å². The summed E-state index contributed by atoms with van der Waals surface area (Å²) in [5.74, 6) is 1.35. The van der Waals surface area contributed by atoms with Gasteiger partial charge in [0.25, 0.3) is 0 Å². The Morgan fingerprint density at radius 3 is 2.94 bits per heavy atom. The molecule has 1 heterocycles. The average molecular weight is 242 g/mol. The summed E-state index contributed by atoms with van der Waals surface area (Å²) < 4.78 is 10.1. The van der Waals surface area contributed by atoms with Gasteiger partial charge in [-0.1, -0.05) is 5.16 Å². The SMILES string of the molecule is COCC(CCCN)NCCc1noc(C)n1. The summed E-state index contributed by atoms with van der Waals surface area (Å²) in [6, 6.07) is 0.344. The maximum Gasteiger partial charge on any atom is 0.223 e. The predicted molar refractivity (Wildman–Crippen MR) is 64.7 cm³/mol. The summed E-state index contributed by atoms with van der Waals surface area (Å²) in [7, 11) is 1.71. The molecule has 0 aliphatic heterocycles. The molecule has 1 aromatic rings. The molecule has 0 amide bonds.